The summed E-state index contributed by atoms with van der Waals surface area (Å²) in [7, 11) is 0. The Morgan fingerprint density at radius 2 is 2.09 bits per heavy atom. The Balaban J connectivity index is 1.43. The third kappa shape index (κ3) is 3.38. The number of nitrogens with zero attached hydrogens (tertiary/aromatic N) is 5. The molecule has 1 saturated heterocycles. The zero-order chi connectivity index (χ0) is 23.3. The minimum absolute atomic E-state index is 0.191. The van der Waals surface area contributed by atoms with Gasteiger partial charge in [0.1, 0.15) is 5.39 Å². The van der Waals surface area contributed by atoms with Crippen LogP contribution in [0, 0.1) is 0 Å². The van der Waals surface area contributed by atoms with Crippen molar-refractivity contribution >= 4 is 22.7 Å². The van der Waals surface area contributed by atoms with Crippen LogP contribution in [0.1, 0.15) is 23.7 Å². The Kier molecular flexibility index (Phi) is 4.94. The largest absolute Gasteiger partial charge is 0.379 e. The fourth-order valence-electron chi connectivity index (χ4n) is 4.53. The van der Waals surface area contributed by atoms with Gasteiger partial charge in [0, 0.05) is 25.0 Å². The van der Waals surface area contributed by atoms with Crippen LogP contribution in [-0.4, -0.2) is 49.2 Å². The van der Waals surface area contributed by atoms with Crippen LogP contribution in [0.3, 0.4) is 0 Å². The van der Waals surface area contributed by atoms with Crippen LogP contribution >= 0.6 is 0 Å². The number of hydrogen-bond acceptors (Lipinski definition) is 8. The molecule has 2 aliphatic rings. The van der Waals surface area contributed by atoms with Crippen molar-refractivity contribution in [3.05, 3.63) is 69.8 Å². The van der Waals surface area contributed by atoms with E-state index in [0.717, 1.165) is 25.2 Å². The number of benzene rings is 1. The van der Waals surface area contributed by atoms with Crippen molar-refractivity contribution in [1.29, 1.82) is 0 Å². The predicted octanol–water partition coefficient (Wildman–Crippen LogP) is 1.60. The van der Waals surface area contributed by atoms with Crippen molar-refractivity contribution in [3.63, 3.8) is 0 Å². The Labute approximate surface area is 195 Å². The molecule has 1 aromatic carbocycles. The summed E-state index contributed by atoms with van der Waals surface area (Å²) in [6.45, 7) is 4.55. The predicted molar refractivity (Wildman–Crippen MR) is 126 cm³/mol. The molecule has 0 atom stereocenters. The number of anilines is 2. The van der Waals surface area contributed by atoms with Crippen molar-refractivity contribution in [1.82, 2.24) is 29.6 Å². The normalized spacial score (nSPS) is 16.8. The molecule has 4 aromatic rings. The molecule has 0 bridgehead atoms. The summed E-state index contributed by atoms with van der Waals surface area (Å²) in [4.78, 5) is 26.8. The van der Waals surface area contributed by atoms with Gasteiger partial charge in [0.15, 0.2) is 17.1 Å². The lowest BCUT2D eigenvalue weighted by atomic mass is 9.97. The molecule has 5 heterocycles. The zero-order valence-electron chi connectivity index (χ0n) is 18.8. The number of fused-ring (bicyclic) bond motifs is 2. The van der Waals surface area contributed by atoms with Gasteiger partial charge >= 0.3 is 0 Å². The molecule has 174 valence electrons. The molecule has 3 N–H and O–H groups in total. The summed E-state index contributed by atoms with van der Waals surface area (Å²) >= 11 is 0. The average Bonchev–Trinajstić information content (AvgIpc) is 3.13. The van der Waals surface area contributed by atoms with E-state index in [2.05, 4.69) is 32.7 Å². The monoisotopic (exact) mass is 459 g/mol. The van der Waals surface area contributed by atoms with Crippen LogP contribution in [0.15, 0.2) is 47.4 Å². The first-order valence-electron chi connectivity index (χ1n) is 11.4. The lowest BCUT2D eigenvalue weighted by Crippen LogP contribution is -2.47. The van der Waals surface area contributed by atoms with E-state index in [-0.39, 0.29) is 18.8 Å². The first-order valence-corrected chi connectivity index (χ1v) is 11.4. The van der Waals surface area contributed by atoms with Crippen molar-refractivity contribution in [2.75, 3.05) is 25.1 Å². The lowest BCUT2D eigenvalue weighted by molar-refractivity contribution is -0.186. The van der Waals surface area contributed by atoms with Gasteiger partial charge < -0.3 is 20.5 Å². The van der Waals surface area contributed by atoms with E-state index in [1.165, 1.54) is 11.1 Å². The highest BCUT2D eigenvalue weighted by atomic mass is 16.5. The van der Waals surface area contributed by atoms with Crippen molar-refractivity contribution in [2.45, 2.75) is 32.0 Å². The molecule has 0 radical (unpaired) electrons. The van der Waals surface area contributed by atoms with E-state index in [1.807, 2.05) is 19.1 Å². The van der Waals surface area contributed by atoms with E-state index in [1.54, 1.807) is 27.7 Å². The van der Waals surface area contributed by atoms with E-state index >= 15 is 0 Å². The van der Waals surface area contributed by atoms with E-state index < -0.39 is 5.60 Å². The maximum atomic E-state index is 13.1. The fraction of sp³-hybridized carbons (Fsp3) is 0.333. The number of rotatable bonds is 5. The summed E-state index contributed by atoms with van der Waals surface area (Å²) in [6.07, 6.45) is 2.53. The Morgan fingerprint density at radius 3 is 2.88 bits per heavy atom. The first-order chi connectivity index (χ1) is 16.6. The van der Waals surface area contributed by atoms with Crippen LogP contribution in [0.2, 0.25) is 0 Å². The molecule has 0 spiro atoms. The summed E-state index contributed by atoms with van der Waals surface area (Å²) in [5.74, 6) is 0.892. The van der Waals surface area contributed by atoms with Gasteiger partial charge in [0.2, 0.25) is 5.95 Å². The van der Waals surface area contributed by atoms with Gasteiger partial charge in [-0.05, 0) is 55.3 Å². The Bertz CT molecular complexity index is 1450. The number of pyridine rings is 1. The molecule has 6 rings (SSSR count). The summed E-state index contributed by atoms with van der Waals surface area (Å²) in [5.41, 5.74) is 3.15. The van der Waals surface area contributed by atoms with E-state index in [4.69, 9.17) is 9.72 Å². The smallest absolute Gasteiger partial charge is 0.278 e. The number of nitrogens with one attached hydrogen (secondary N) is 2. The zero-order valence-corrected chi connectivity index (χ0v) is 18.8. The van der Waals surface area contributed by atoms with Crippen molar-refractivity contribution < 1.29 is 9.84 Å². The molecule has 0 amide bonds. The molecule has 10 nitrogen and oxygen atoms in total. The first kappa shape index (κ1) is 21.0. The number of ether oxygens (including phenoxy) is 1. The quantitative estimate of drug-likeness (QED) is 0.412. The molecule has 1 fully saturated rings. The van der Waals surface area contributed by atoms with E-state index in [9.17, 15) is 9.90 Å². The highest BCUT2D eigenvalue weighted by molar-refractivity contribution is 5.77. The van der Waals surface area contributed by atoms with Crippen LogP contribution < -0.4 is 16.2 Å². The minimum atomic E-state index is -1.11. The van der Waals surface area contributed by atoms with Gasteiger partial charge in [-0.2, -0.15) is 4.98 Å². The third-order valence-electron chi connectivity index (χ3n) is 6.43. The summed E-state index contributed by atoms with van der Waals surface area (Å²) in [6, 6.07) is 11.6. The maximum absolute atomic E-state index is 13.1. The maximum Gasteiger partial charge on any atom is 0.278 e. The van der Waals surface area contributed by atoms with Gasteiger partial charge in [0.05, 0.1) is 18.9 Å². The van der Waals surface area contributed by atoms with Crippen LogP contribution in [0.5, 0.6) is 0 Å². The second kappa shape index (κ2) is 8.01. The van der Waals surface area contributed by atoms with Crippen LogP contribution in [0.25, 0.3) is 16.9 Å². The second-order valence-corrected chi connectivity index (χ2v) is 8.70. The highest BCUT2D eigenvalue weighted by Gasteiger charge is 2.39. The number of hydrogen-bond donors (Lipinski definition) is 3. The molecule has 0 unspecified atom stereocenters. The van der Waals surface area contributed by atoms with E-state index in [0.29, 0.717) is 35.0 Å². The molecule has 2 aliphatic heterocycles. The molecular formula is C24H25N7O3. The minimum Gasteiger partial charge on any atom is -0.379 e. The van der Waals surface area contributed by atoms with Crippen LogP contribution in [0.4, 0.5) is 11.6 Å². The van der Waals surface area contributed by atoms with Gasteiger partial charge in [-0.1, -0.05) is 12.1 Å². The Hall–Kier alpha value is -3.60. The molecule has 34 heavy (non-hydrogen) atoms. The van der Waals surface area contributed by atoms with Gasteiger partial charge in [0.25, 0.3) is 5.56 Å². The molecular weight excluding hydrogens is 434 g/mol. The summed E-state index contributed by atoms with van der Waals surface area (Å²) < 4.78 is 8.44. The molecule has 0 aliphatic carbocycles. The standard InChI is InChI=1S/C24H25N7O3/c1-2-30-22(32)18-12-26-23(27-17-7-6-16-11-25-9-8-15(16)10-17)29-21(18)31(30)20-5-3-4-19(28-20)24(33)13-34-14-24/h3-7,10,12,25,33H,2,8-9,11,13-14H2,1H3,(H,26,27,29). The Morgan fingerprint density at radius 1 is 1.21 bits per heavy atom. The van der Waals surface area contributed by atoms with Gasteiger partial charge in [-0.15, -0.1) is 0 Å². The molecule has 0 saturated carbocycles. The summed E-state index contributed by atoms with van der Waals surface area (Å²) in [5, 5.41) is 17.7. The molecule has 3 aromatic heterocycles. The third-order valence-corrected chi connectivity index (χ3v) is 6.43. The second-order valence-electron chi connectivity index (χ2n) is 8.70. The lowest BCUT2D eigenvalue weighted by Gasteiger charge is -2.35. The fourth-order valence-corrected chi connectivity index (χ4v) is 4.53. The number of aliphatic hydroxyl groups is 1. The molecule has 10 heteroatoms. The topological polar surface area (TPSA) is 119 Å². The highest BCUT2D eigenvalue weighted by Crippen LogP contribution is 2.29. The van der Waals surface area contributed by atoms with Crippen molar-refractivity contribution in [3.8, 4) is 5.82 Å². The van der Waals surface area contributed by atoms with Crippen molar-refractivity contribution in [2.24, 2.45) is 0 Å². The number of aromatic nitrogens is 5. The average molecular weight is 460 g/mol. The van der Waals surface area contributed by atoms with Gasteiger partial charge in [-0.3, -0.25) is 4.79 Å². The van der Waals surface area contributed by atoms with Gasteiger partial charge in [-0.25, -0.2) is 19.3 Å². The SMILES string of the molecule is CCn1c(=O)c2cnc(Nc3ccc4c(c3)CCNC4)nc2n1-c1cccc(C2(O)COC2)n1. The van der Waals surface area contributed by atoms with Crippen LogP contribution in [-0.2, 0) is 29.8 Å².